The van der Waals surface area contributed by atoms with Crippen molar-refractivity contribution in [2.45, 2.75) is 69.9 Å². The summed E-state index contributed by atoms with van der Waals surface area (Å²) in [6.07, 6.45) is 10.8. The first-order chi connectivity index (χ1) is 19.2. The molecule has 2 saturated heterocycles. The van der Waals surface area contributed by atoms with Crippen LogP contribution in [0.4, 0.5) is 17.6 Å². The summed E-state index contributed by atoms with van der Waals surface area (Å²) in [6, 6.07) is 18.8. The summed E-state index contributed by atoms with van der Waals surface area (Å²) < 4.78 is 1.58. The van der Waals surface area contributed by atoms with Gasteiger partial charge in [-0.25, -0.2) is 0 Å². The lowest BCUT2D eigenvalue weighted by Gasteiger charge is -2.32. The number of aromatic nitrogens is 5. The molecule has 2 aromatic heterocycles. The largest absolute Gasteiger partial charge is 0.368 e. The number of fused-ring (bicyclic) bond motifs is 5. The Morgan fingerprint density at radius 2 is 1.67 bits per heavy atom. The van der Waals surface area contributed by atoms with Crippen molar-refractivity contribution in [2.75, 3.05) is 17.6 Å². The lowest BCUT2D eigenvalue weighted by molar-refractivity contribution is 0.170. The van der Waals surface area contributed by atoms with Crippen LogP contribution >= 0.6 is 0 Å². The molecule has 2 bridgehead atoms. The molecule has 198 valence electrons. The molecule has 3 N–H and O–H groups in total. The molecular weight excluding hydrogens is 484 g/mol. The fraction of sp³-hybridized carbons (Fsp3) is 0.419. The normalized spacial score (nSPS) is 23.6. The van der Waals surface area contributed by atoms with Crippen LogP contribution in [0.25, 0.3) is 17.1 Å². The third-order valence-corrected chi connectivity index (χ3v) is 9.45. The molecule has 4 heterocycles. The van der Waals surface area contributed by atoms with Gasteiger partial charge in [-0.2, -0.15) is 9.67 Å². The monoisotopic (exact) mass is 518 g/mol. The second kappa shape index (κ2) is 9.16. The second-order valence-corrected chi connectivity index (χ2v) is 11.8. The molecule has 0 radical (unpaired) electrons. The van der Waals surface area contributed by atoms with Crippen LogP contribution in [-0.4, -0.2) is 48.5 Å². The van der Waals surface area contributed by atoms with Crippen molar-refractivity contribution in [2.24, 2.45) is 5.92 Å². The average Bonchev–Trinajstić information content (AvgIpc) is 3.55. The zero-order valence-corrected chi connectivity index (χ0v) is 22.2. The molecular formula is C31H34N8. The molecule has 0 spiro atoms. The van der Waals surface area contributed by atoms with E-state index in [0.29, 0.717) is 17.7 Å². The highest BCUT2D eigenvalue weighted by molar-refractivity contribution is 5.68. The molecule has 1 saturated carbocycles. The van der Waals surface area contributed by atoms with Crippen LogP contribution in [0, 0.1) is 5.92 Å². The molecule has 2 aliphatic heterocycles. The smallest absolute Gasteiger partial charge is 0.248 e. The van der Waals surface area contributed by atoms with Crippen LogP contribution in [0.1, 0.15) is 54.4 Å². The van der Waals surface area contributed by atoms with Crippen LogP contribution < -0.4 is 11.1 Å². The van der Waals surface area contributed by atoms with Gasteiger partial charge in [0.2, 0.25) is 11.9 Å². The van der Waals surface area contributed by atoms with Crippen molar-refractivity contribution in [3.63, 3.8) is 0 Å². The van der Waals surface area contributed by atoms with E-state index in [9.17, 15) is 0 Å². The van der Waals surface area contributed by atoms with E-state index >= 15 is 0 Å². The predicted molar refractivity (Wildman–Crippen MR) is 152 cm³/mol. The highest BCUT2D eigenvalue weighted by Gasteiger charge is 2.45. The third kappa shape index (κ3) is 4.09. The molecule has 3 fully saturated rings. The van der Waals surface area contributed by atoms with Gasteiger partial charge in [-0.1, -0.05) is 30.3 Å². The molecule has 8 nitrogen and oxygen atoms in total. The maximum absolute atomic E-state index is 6.31. The Morgan fingerprint density at radius 1 is 0.821 bits per heavy atom. The molecule has 5 aliphatic rings. The van der Waals surface area contributed by atoms with Gasteiger partial charge in [-0.15, -0.1) is 15.3 Å². The number of nitrogens with one attached hydrogen (secondary N) is 1. The number of nitrogens with two attached hydrogens (primary N) is 1. The van der Waals surface area contributed by atoms with Crippen LogP contribution in [0.3, 0.4) is 0 Å². The molecule has 3 aliphatic carbocycles. The molecule has 0 unspecified atom stereocenters. The van der Waals surface area contributed by atoms with Gasteiger partial charge >= 0.3 is 0 Å². The number of hydrogen-bond donors (Lipinski definition) is 2. The van der Waals surface area contributed by atoms with Gasteiger partial charge in [-0.3, -0.25) is 4.90 Å². The highest BCUT2D eigenvalue weighted by atomic mass is 15.4. The second-order valence-electron chi connectivity index (χ2n) is 11.8. The number of rotatable bonds is 4. The minimum Gasteiger partial charge on any atom is -0.368 e. The third-order valence-electron chi connectivity index (χ3n) is 9.45. The molecule has 0 amide bonds. The predicted octanol–water partition coefficient (Wildman–Crippen LogP) is 4.88. The topological polar surface area (TPSA) is 97.8 Å². The maximum Gasteiger partial charge on any atom is 0.248 e. The Kier molecular flexibility index (Phi) is 5.43. The number of anilines is 3. The first kappa shape index (κ1) is 23.1. The zero-order valence-electron chi connectivity index (χ0n) is 22.2. The van der Waals surface area contributed by atoms with E-state index in [1.807, 2.05) is 0 Å². The first-order valence-corrected chi connectivity index (χ1v) is 14.5. The molecule has 4 aromatic rings. The summed E-state index contributed by atoms with van der Waals surface area (Å²) in [4.78, 5) is 7.32. The van der Waals surface area contributed by atoms with Gasteiger partial charge in [0, 0.05) is 29.9 Å². The van der Waals surface area contributed by atoms with Gasteiger partial charge in [-0.05, 0) is 104 Å². The quantitative estimate of drug-likeness (QED) is 0.372. The number of benzene rings is 2. The van der Waals surface area contributed by atoms with Crippen molar-refractivity contribution in [3.05, 3.63) is 70.8 Å². The molecule has 9 rings (SSSR count). The summed E-state index contributed by atoms with van der Waals surface area (Å²) in [5.74, 6) is 2.34. The van der Waals surface area contributed by atoms with Gasteiger partial charge in [0.1, 0.15) is 0 Å². The lowest BCUT2D eigenvalue weighted by Crippen LogP contribution is -2.37. The number of nitrogen functional groups attached to an aromatic ring is 1. The Bertz CT molecular complexity index is 1550. The van der Waals surface area contributed by atoms with Gasteiger partial charge in [0.25, 0.3) is 0 Å². The zero-order chi connectivity index (χ0) is 25.9. The summed E-state index contributed by atoms with van der Waals surface area (Å²) in [7, 11) is 0. The number of aryl methyl sites for hydroxylation is 4. The van der Waals surface area contributed by atoms with Crippen molar-refractivity contribution in [3.8, 4) is 17.1 Å². The highest BCUT2D eigenvalue weighted by Crippen LogP contribution is 2.43. The van der Waals surface area contributed by atoms with Crippen molar-refractivity contribution < 1.29 is 0 Å². The van der Waals surface area contributed by atoms with Crippen LogP contribution in [-0.2, 0) is 25.7 Å². The van der Waals surface area contributed by atoms with E-state index in [2.05, 4.69) is 79.0 Å². The molecule has 1 atom stereocenters. The van der Waals surface area contributed by atoms with E-state index in [4.69, 9.17) is 5.73 Å². The SMILES string of the molecule is Nc1nc(Nc2ccc3c(c2)CC[C@H](N2CC4CC2C4)CC3)nn1-c1cc2c(nn1)-c1ccccc1CCC2. The fourth-order valence-electron chi connectivity index (χ4n) is 7.37. The lowest BCUT2D eigenvalue weighted by atomic mass is 9.86. The summed E-state index contributed by atoms with van der Waals surface area (Å²) in [6.45, 7) is 1.33. The van der Waals surface area contributed by atoms with Gasteiger partial charge in [0.05, 0.1) is 5.69 Å². The standard InChI is InChI=1S/C31H34N8/c32-30-34-31(37-39(30)28-17-23-6-3-5-21-4-1-2-7-27(21)29(23)36-35-28)33-24-11-8-20-9-12-25(13-10-22(20)16-24)38-18-19-14-26(38)15-19/h1-2,4,7-8,11,16-17,19,25-26H,3,5-6,9-10,12-15,18H2,(H3,32,33,34,37)/t19?,25-,26?/m1/s1. The first-order valence-electron chi connectivity index (χ1n) is 14.5. The van der Waals surface area contributed by atoms with Crippen molar-refractivity contribution >= 4 is 17.6 Å². The van der Waals surface area contributed by atoms with E-state index in [1.54, 1.807) is 4.68 Å². The summed E-state index contributed by atoms with van der Waals surface area (Å²) in [5, 5.41) is 17.2. The molecule has 2 aromatic carbocycles. The van der Waals surface area contributed by atoms with E-state index in [0.717, 1.165) is 61.5 Å². The van der Waals surface area contributed by atoms with Gasteiger partial charge in [0.15, 0.2) is 5.82 Å². The molecule has 8 heteroatoms. The van der Waals surface area contributed by atoms with E-state index < -0.39 is 0 Å². The maximum atomic E-state index is 6.31. The molecule has 39 heavy (non-hydrogen) atoms. The Hall–Kier alpha value is -3.78. The number of nitrogens with zero attached hydrogens (tertiary/aromatic N) is 6. The average molecular weight is 519 g/mol. The Balaban J connectivity index is 1.01. The van der Waals surface area contributed by atoms with Crippen molar-refractivity contribution in [1.29, 1.82) is 0 Å². The minimum absolute atomic E-state index is 0.294. The number of hydrogen-bond acceptors (Lipinski definition) is 7. The van der Waals surface area contributed by atoms with Gasteiger partial charge < -0.3 is 11.1 Å². The van der Waals surface area contributed by atoms with Crippen molar-refractivity contribution in [1.82, 2.24) is 29.9 Å². The minimum atomic E-state index is 0.294. The van der Waals surface area contributed by atoms with Crippen LogP contribution in [0.5, 0.6) is 0 Å². The van der Waals surface area contributed by atoms with Crippen LogP contribution in [0.2, 0.25) is 0 Å². The summed E-state index contributed by atoms with van der Waals surface area (Å²) >= 11 is 0. The van der Waals surface area contributed by atoms with Crippen LogP contribution in [0.15, 0.2) is 48.5 Å². The Labute approximate surface area is 228 Å². The van der Waals surface area contributed by atoms with E-state index in [-0.39, 0.29) is 0 Å². The Morgan fingerprint density at radius 3 is 2.54 bits per heavy atom. The summed E-state index contributed by atoms with van der Waals surface area (Å²) in [5.41, 5.74) is 14.9. The van der Waals surface area contributed by atoms with E-state index in [1.165, 1.54) is 60.0 Å². The fourth-order valence-corrected chi connectivity index (χ4v) is 7.37.